The van der Waals surface area contributed by atoms with Gasteiger partial charge in [-0.3, -0.25) is 4.18 Å². The van der Waals surface area contributed by atoms with E-state index in [1.807, 2.05) is 0 Å². The van der Waals surface area contributed by atoms with E-state index in [1.165, 1.54) is 89.5 Å². The van der Waals surface area contributed by atoms with Crippen molar-refractivity contribution in [3.05, 3.63) is 18.2 Å². The Morgan fingerprint density at radius 2 is 1.13 bits per heavy atom. The third-order valence-electron chi connectivity index (χ3n) is 5.45. The molecule has 0 aromatic heterocycles. The van der Waals surface area contributed by atoms with E-state index in [-0.39, 0.29) is 68.6 Å². The van der Waals surface area contributed by atoms with Gasteiger partial charge in [0.15, 0.2) is 0 Å². The fourth-order valence-corrected chi connectivity index (χ4v) is 4.64. The second-order valence-electron chi connectivity index (χ2n) is 8.23. The Morgan fingerprint density at radius 1 is 0.710 bits per heavy atom. The van der Waals surface area contributed by atoms with Crippen molar-refractivity contribution in [1.29, 1.82) is 0 Å². The van der Waals surface area contributed by atoms with Gasteiger partial charge in [0.2, 0.25) is 0 Å². The molecule has 0 aliphatic heterocycles. The van der Waals surface area contributed by atoms with E-state index in [1.54, 1.807) is 0 Å². The maximum Gasteiger partial charge on any atom is 0.300 e. The van der Waals surface area contributed by atoms with E-state index in [0.29, 0.717) is 6.42 Å². The summed E-state index contributed by atoms with van der Waals surface area (Å²) in [5, 5.41) is 19.0. The molecule has 5 nitrogen and oxygen atoms in total. The van der Waals surface area contributed by atoms with Crippen molar-refractivity contribution in [2.75, 3.05) is 6.61 Å². The Morgan fingerprint density at radius 3 is 1.58 bits per heavy atom. The van der Waals surface area contributed by atoms with Gasteiger partial charge in [-0.2, -0.15) is 8.42 Å². The summed E-state index contributed by atoms with van der Waals surface area (Å²) in [6.07, 6.45) is 20.1. The van der Waals surface area contributed by atoms with Gasteiger partial charge in [-0.1, -0.05) is 103 Å². The van der Waals surface area contributed by atoms with Gasteiger partial charge in [-0.25, -0.2) is 0 Å². The summed E-state index contributed by atoms with van der Waals surface area (Å²) in [6, 6.07) is 3.36. The molecule has 0 fully saturated rings. The smallest absolute Gasteiger partial charge is 0.300 e. The fraction of sp³-hybridized carbons (Fsp3) is 0.750. The van der Waals surface area contributed by atoms with Gasteiger partial charge in [-0.15, -0.1) is 0 Å². The summed E-state index contributed by atoms with van der Waals surface area (Å²) >= 11 is 0. The maximum atomic E-state index is 12.1. The zero-order chi connectivity index (χ0) is 22.1. The number of phenols is 2. The van der Waals surface area contributed by atoms with Gasteiger partial charge in [-0.05, 0) is 18.6 Å². The Balaban J connectivity index is 0.00000900. The molecular formula is C24H42KO5S. The molecule has 2 N–H and O–H groups in total. The van der Waals surface area contributed by atoms with Crippen LogP contribution in [-0.2, 0) is 14.3 Å². The van der Waals surface area contributed by atoms with Crippen molar-refractivity contribution < 1.29 is 22.8 Å². The average Bonchev–Trinajstić information content (AvgIpc) is 2.72. The molecule has 175 valence electrons. The quantitative estimate of drug-likeness (QED) is 0.0996. The van der Waals surface area contributed by atoms with E-state index < -0.39 is 15.9 Å². The van der Waals surface area contributed by atoms with E-state index >= 15 is 0 Å². The molecule has 7 heteroatoms. The molecule has 0 saturated heterocycles. The molecule has 31 heavy (non-hydrogen) atoms. The van der Waals surface area contributed by atoms with Crippen LogP contribution >= 0.6 is 0 Å². The summed E-state index contributed by atoms with van der Waals surface area (Å²) in [5.41, 5.74) is 0. The number of unbranched alkanes of at least 4 members (excludes halogenated alkanes) is 15. The molecule has 0 spiro atoms. The van der Waals surface area contributed by atoms with Crippen LogP contribution in [0.15, 0.2) is 23.1 Å². The van der Waals surface area contributed by atoms with Crippen LogP contribution in [-0.4, -0.2) is 76.6 Å². The molecule has 0 saturated carbocycles. The molecule has 0 aliphatic rings. The second-order valence-corrected chi connectivity index (χ2v) is 9.82. The summed E-state index contributed by atoms with van der Waals surface area (Å²) in [4.78, 5) is -0.390. The average molecular weight is 482 g/mol. The largest absolute Gasteiger partial charge is 0.508 e. The Labute approximate surface area is 232 Å². The third-order valence-corrected chi connectivity index (χ3v) is 6.79. The van der Waals surface area contributed by atoms with E-state index in [9.17, 15) is 18.6 Å². The number of phenolic OH excluding ortho intramolecular Hbond substituents is 2. The van der Waals surface area contributed by atoms with Gasteiger partial charge in [0.1, 0.15) is 16.4 Å². The molecule has 0 heterocycles. The first-order valence-electron chi connectivity index (χ1n) is 11.9. The van der Waals surface area contributed by atoms with Gasteiger partial charge in [0, 0.05) is 57.5 Å². The molecule has 1 rings (SSSR count). The first-order valence-corrected chi connectivity index (χ1v) is 13.3. The Bertz CT molecular complexity index is 664. The number of hydrogen-bond acceptors (Lipinski definition) is 5. The second kappa shape index (κ2) is 19.8. The molecule has 0 bridgehead atoms. The summed E-state index contributed by atoms with van der Waals surface area (Å²) < 4.78 is 29.1. The minimum Gasteiger partial charge on any atom is -0.508 e. The van der Waals surface area contributed by atoms with Crippen molar-refractivity contribution in [3.63, 3.8) is 0 Å². The Hall–Kier alpha value is 0.366. The minimum absolute atomic E-state index is 0. The molecule has 1 aromatic carbocycles. The zero-order valence-corrected chi connectivity index (χ0v) is 23.7. The van der Waals surface area contributed by atoms with Crippen molar-refractivity contribution in [2.45, 2.75) is 115 Å². The van der Waals surface area contributed by atoms with Crippen LogP contribution in [0.5, 0.6) is 11.5 Å². The normalized spacial score (nSPS) is 11.4. The fourth-order valence-electron chi connectivity index (χ4n) is 3.59. The van der Waals surface area contributed by atoms with Gasteiger partial charge in [0.25, 0.3) is 0 Å². The first kappa shape index (κ1) is 31.4. The molecule has 0 amide bonds. The standard InChI is InChI=1S/C24H42O5S.K/c1-2-3-4-5-6-7-8-9-10-11-12-13-14-15-16-17-20-29-30(27,28)24-21-22(25)18-19-23(24)26;/h18-19,21,25-26H,2-17,20H2,1H3;. The van der Waals surface area contributed by atoms with E-state index in [2.05, 4.69) is 6.92 Å². The van der Waals surface area contributed by atoms with E-state index in [4.69, 9.17) is 4.18 Å². The minimum atomic E-state index is -4.04. The number of benzene rings is 1. The van der Waals surface area contributed by atoms with Crippen molar-refractivity contribution in [2.24, 2.45) is 0 Å². The van der Waals surface area contributed by atoms with Crippen LogP contribution in [0.4, 0.5) is 0 Å². The third kappa shape index (κ3) is 15.8. The van der Waals surface area contributed by atoms with Crippen LogP contribution in [0, 0.1) is 0 Å². The zero-order valence-electron chi connectivity index (χ0n) is 19.8. The van der Waals surface area contributed by atoms with Crippen LogP contribution in [0.25, 0.3) is 0 Å². The molecule has 0 unspecified atom stereocenters. The van der Waals surface area contributed by atoms with Crippen LogP contribution < -0.4 is 0 Å². The predicted octanol–water partition coefficient (Wildman–Crippen LogP) is 6.68. The van der Waals surface area contributed by atoms with Crippen LogP contribution in [0.2, 0.25) is 0 Å². The maximum absolute atomic E-state index is 12.1. The van der Waals surface area contributed by atoms with Crippen molar-refractivity contribution in [1.82, 2.24) is 0 Å². The van der Waals surface area contributed by atoms with Crippen molar-refractivity contribution >= 4 is 61.5 Å². The molecule has 1 aromatic rings. The first-order chi connectivity index (χ1) is 14.5. The van der Waals surface area contributed by atoms with E-state index in [0.717, 1.165) is 25.0 Å². The predicted molar refractivity (Wildman–Crippen MR) is 128 cm³/mol. The number of aromatic hydroxyl groups is 2. The number of hydrogen-bond donors (Lipinski definition) is 2. The molecule has 0 atom stereocenters. The topological polar surface area (TPSA) is 83.8 Å². The number of rotatable bonds is 19. The van der Waals surface area contributed by atoms with Gasteiger partial charge in [0.05, 0.1) is 6.61 Å². The summed E-state index contributed by atoms with van der Waals surface area (Å²) in [7, 11) is -4.04. The van der Waals surface area contributed by atoms with Crippen LogP contribution in [0.1, 0.15) is 110 Å². The summed E-state index contributed by atoms with van der Waals surface area (Å²) in [5.74, 6) is -0.642. The Kier molecular flexibility index (Phi) is 20.0. The van der Waals surface area contributed by atoms with Gasteiger partial charge >= 0.3 is 10.1 Å². The monoisotopic (exact) mass is 481 g/mol. The van der Waals surface area contributed by atoms with Crippen LogP contribution in [0.3, 0.4) is 0 Å². The van der Waals surface area contributed by atoms with Gasteiger partial charge < -0.3 is 10.2 Å². The summed E-state index contributed by atoms with van der Waals surface area (Å²) in [6.45, 7) is 2.35. The van der Waals surface area contributed by atoms with Crippen molar-refractivity contribution in [3.8, 4) is 11.5 Å². The SMILES string of the molecule is CCCCCCCCCCCCCCCCCCOS(=O)(=O)c1cc(O)ccc1O.[K]. The molecular weight excluding hydrogens is 439 g/mol. The molecule has 0 aliphatic carbocycles. The molecule has 1 radical (unpaired) electrons.